The molecular weight excluding hydrogens is 248 g/mol. The number of rotatable bonds is 5. The predicted molar refractivity (Wildman–Crippen MR) is 80.0 cm³/mol. The number of nitrogens with one attached hydrogen (secondary N) is 1. The van der Waals surface area contributed by atoms with Gasteiger partial charge in [0.2, 0.25) is 0 Å². The zero-order valence-corrected chi connectivity index (χ0v) is 11.4. The molecule has 0 unspecified atom stereocenters. The largest absolute Gasteiger partial charge is 0.306 e. The van der Waals surface area contributed by atoms with Gasteiger partial charge in [0.15, 0.2) is 0 Å². The van der Waals surface area contributed by atoms with Crippen molar-refractivity contribution in [3.8, 4) is 12.1 Å². The molecule has 20 heavy (non-hydrogen) atoms. The third-order valence-electron chi connectivity index (χ3n) is 2.55. The van der Waals surface area contributed by atoms with E-state index in [1.165, 1.54) is 6.08 Å². The van der Waals surface area contributed by atoms with Crippen molar-refractivity contribution in [1.82, 2.24) is 0 Å². The Bertz CT molecular complexity index is 569. The van der Waals surface area contributed by atoms with Gasteiger partial charge in [0.25, 0.3) is 0 Å². The molecule has 0 heterocycles. The van der Waals surface area contributed by atoms with Crippen molar-refractivity contribution in [2.75, 3.05) is 4.90 Å². The molecular formula is C16H16N4. The monoisotopic (exact) mass is 264 g/mol. The van der Waals surface area contributed by atoms with Crippen molar-refractivity contribution in [2.24, 2.45) is 0 Å². The lowest BCUT2D eigenvalue weighted by Gasteiger charge is -2.20. The topological polar surface area (TPSA) is 74.7 Å². The van der Waals surface area contributed by atoms with E-state index in [1.54, 1.807) is 29.3 Å². The zero-order valence-electron chi connectivity index (χ0n) is 11.4. The summed E-state index contributed by atoms with van der Waals surface area (Å²) in [6.07, 6.45) is 6.29. The molecule has 4 nitrogen and oxygen atoms in total. The lowest BCUT2D eigenvalue weighted by molar-refractivity contribution is 0.966. The number of allylic oxidation sites excluding steroid dienone is 3. The van der Waals surface area contributed by atoms with Crippen LogP contribution in [0.15, 0.2) is 54.3 Å². The van der Waals surface area contributed by atoms with Gasteiger partial charge in [-0.05, 0) is 30.7 Å². The smallest absolute Gasteiger partial charge is 0.129 e. The Labute approximate surface area is 119 Å². The summed E-state index contributed by atoms with van der Waals surface area (Å²) in [5, 5.41) is 25.4. The summed E-state index contributed by atoms with van der Waals surface area (Å²) in [7, 11) is 0. The van der Waals surface area contributed by atoms with Crippen LogP contribution in [-0.4, -0.2) is 5.84 Å². The van der Waals surface area contributed by atoms with Gasteiger partial charge in [-0.2, -0.15) is 10.5 Å². The van der Waals surface area contributed by atoms with Gasteiger partial charge in [-0.25, -0.2) is 0 Å². The van der Waals surface area contributed by atoms with Gasteiger partial charge in [-0.15, -0.1) is 0 Å². The number of para-hydroxylation sites is 1. The van der Waals surface area contributed by atoms with Crippen LogP contribution in [0.5, 0.6) is 0 Å². The normalized spacial score (nSPS) is 9.55. The number of hydrogen-bond donors (Lipinski definition) is 1. The maximum absolute atomic E-state index is 8.67. The maximum Gasteiger partial charge on any atom is 0.129 e. The molecule has 100 valence electrons. The number of hydrogen-bond acceptors (Lipinski definition) is 3. The second-order valence-corrected chi connectivity index (χ2v) is 4.05. The van der Waals surface area contributed by atoms with E-state index >= 15 is 0 Å². The molecule has 0 bridgehead atoms. The Kier molecular flexibility index (Phi) is 6.30. The molecule has 0 amide bonds. The Balaban J connectivity index is 2.99. The average Bonchev–Trinajstić information content (AvgIpc) is 2.48. The second-order valence-electron chi connectivity index (χ2n) is 4.05. The van der Waals surface area contributed by atoms with E-state index < -0.39 is 0 Å². The molecule has 0 aromatic heterocycles. The first-order valence-corrected chi connectivity index (χ1v) is 6.33. The van der Waals surface area contributed by atoms with Crippen molar-refractivity contribution in [2.45, 2.75) is 19.8 Å². The van der Waals surface area contributed by atoms with Crippen LogP contribution < -0.4 is 4.90 Å². The molecule has 0 atom stereocenters. The summed E-state index contributed by atoms with van der Waals surface area (Å²) in [5.41, 5.74) is 0.919. The minimum atomic E-state index is 0.0382. The van der Waals surface area contributed by atoms with Gasteiger partial charge >= 0.3 is 0 Å². The first-order chi connectivity index (χ1) is 9.72. The number of anilines is 1. The number of nitriles is 2. The molecule has 0 aliphatic heterocycles. The lowest BCUT2D eigenvalue weighted by atomic mass is 10.2. The van der Waals surface area contributed by atoms with Gasteiger partial charge in [0.1, 0.15) is 23.5 Å². The van der Waals surface area contributed by atoms with Crippen molar-refractivity contribution < 1.29 is 0 Å². The van der Waals surface area contributed by atoms with E-state index in [9.17, 15) is 0 Å². The van der Waals surface area contributed by atoms with Crippen LogP contribution in [0.3, 0.4) is 0 Å². The molecule has 0 spiro atoms. The first kappa shape index (κ1) is 15.2. The molecule has 0 saturated carbocycles. The Morgan fingerprint density at radius 2 is 1.90 bits per heavy atom. The van der Waals surface area contributed by atoms with Crippen molar-refractivity contribution in [3.63, 3.8) is 0 Å². The van der Waals surface area contributed by atoms with Gasteiger partial charge in [0, 0.05) is 18.3 Å². The summed E-state index contributed by atoms with van der Waals surface area (Å²) in [6.45, 7) is 2.02. The summed E-state index contributed by atoms with van der Waals surface area (Å²) in [4.78, 5) is 1.74. The molecule has 0 aliphatic carbocycles. The molecule has 0 aliphatic rings. The van der Waals surface area contributed by atoms with E-state index in [0.717, 1.165) is 12.1 Å². The highest BCUT2D eigenvalue weighted by Gasteiger charge is 2.07. The average molecular weight is 264 g/mol. The molecule has 1 rings (SSSR count). The minimum absolute atomic E-state index is 0.0382. The lowest BCUT2D eigenvalue weighted by Crippen LogP contribution is -2.23. The quantitative estimate of drug-likeness (QED) is 0.381. The fourth-order valence-corrected chi connectivity index (χ4v) is 1.60. The molecule has 1 N–H and O–H groups in total. The van der Waals surface area contributed by atoms with Gasteiger partial charge in [-0.1, -0.05) is 25.1 Å². The van der Waals surface area contributed by atoms with Crippen molar-refractivity contribution >= 4 is 11.5 Å². The van der Waals surface area contributed by atoms with Gasteiger partial charge < -0.3 is 4.90 Å². The van der Waals surface area contributed by atoms with Crippen LogP contribution in [0, 0.1) is 28.1 Å². The van der Waals surface area contributed by atoms with E-state index in [0.29, 0.717) is 12.3 Å². The minimum Gasteiger partial charge on any atom is -0.306 e. The first-order valence-electron chi connectivity index (χ1n) is 6.33. The van der Waals surface area contributed by atoms with Crippen LogP contribution in [-0.2, 0) is 0 Å². The number of benzene rings is 1. The highest BCUT2D eigenvalue weighted by atomic mass is 15.2. The highest BCUT2D eigenvalue weighted by Crippen LogP contribution is 2.16. The van der Waals surface area contributed by atoms with E-state index in [4.69, 9.17) is 15.9 Å². The fourth-order valence-electron chi connectivity index (χ4n) is 1.60. The Morgan fingerprint density at radius 3 is 2.45 bits per heavy atom. The number of amidine groups is 1. The predicted octanol–water partition coefficient (Wildman–Crippen LogP) is 3.76. The van der Waals surface area contributed by atoms with E-state index in [2.05, 4.69) is 0 Å². The second kappa shape index (κ2) is 8.29. The molecule has 0 fully saturated rings. The highest BCUT2D eigenvalue weighted by molar-refractivity contribution is 5.97. The molecule has 0 saturated heterocycles. The molecule has 1 aromatic carbocycles. The number of nitrogens with zero attached hydrogens (tertiary/aromatic N) is 3. The summed E-state index contributed by atoms with van der Waals surface area (Å²) in [5.74, 6) is 0.471. The molecule has 0 radical (unpaired) electrons. The fraction of sp³-hybridized carbons (Fsp3) is 0.188. The third-order valence-corrected chi connectivity index (χ3v) is 2.55. The standard InChI is InChI=1S/C16H16N4/c1-2-7-16(19)20(15-9-4-3-5-10-15)11-6-8-14(12-17)13-18/h3-6,8-11,19H,2,7H2,1H3. The van der Waals surface area contributed by atoms with Crippen LogP contribution >= 0.6 is 0 Å². The summed E-state index contributed by atoms with van der Waals surface area (Å²) >= 11 is 0. The van der Waals surface area contributed by atoms with Crippen molar-refractivity contribution in [1.29, 1.82) is 15.9 Å². The van der Waals surface area contributed by atoms with Gasteiger partial charge in [0.05, 0.1) is 0 Å². The van der Waals surface area contributed by atoms with Crippen LogP contribution in [0.2, 0.25) is 0 Å². The maximum atomic E-state index is 8.67. The summed E-state index contributed by atoms with van der Waals surface area (Å²) in [6, 6.07) is 13.1. The van der Waals surface area contributed by atoms with Crippen molar-refractivity contribution in [3.05, 3.63) is 54.3 Å². The summed E-state index contributed by atoms with van der Waals surface area (Å²) < 4.78 is 0. The van der Waals surface area contributed by atoms with E-state index in [-0.39, 0.29) is 5.57 Å². The third kappa shape index (κ3) is 4.44. The Morgan fingerprint density at radius 1 is 1.25 bits per heavy atom. The van der Waals surface area contributed by atoms with E-state index in [1.807, 2.05) is 37.3 Å². The molecule has 1 aromatic rings. The van der Waals surface area contributed by atoms with Crippen LogP contribution in [0.25, 0.3) is 0 Å². The van der Waals surface area contributed by atoms with Gasteiger partial charge in [-0.3, -0.25) is 5.41 Å². The molecule has 4 heteroatoms. The zero-order chi connectivity index (χ0) is 14.8. The SMILES string of the molecule is CCCC(=N)N(C=CC=C(C#N)C#N)c1ccccc1. The Hall–Kier alpha value is -2.85. The van der Waals surface area contributed by atoms with Crippen LogP contribution in [0.4, 0.5) is 5.69 Å². The van der Waals surface area contributed by atoms with Crippen LogP contribution in [0.1, 0.15) is 19.8 Å².